The summed E-state index contributed by atoms with van der Waals surface area (Å²) in [7, 11) is 0. The Bertz CT molecular complexity index is 1580. The number of nitrogens with zero attached hydrogens (tertiary/aromatic N) is 6. The predicted molar refractivity (Wildman–Crippen MR) is 136 cm³/mol. The topological polar surface area (TPSA) is 110 Å². The van der Waals surface area contributed by atoms with E-state index in [0.717, 1.165) is 0 Å². The molecule has 0 spiro atoms. The van der Waals surface area contributed by atoms with E-state index in [9.17, 15) is 13.2 Å². The van der Waals surface area contributed by atoms with E-state index in [1.54, 1.807) is 65.3 Å². The molecule has 0 aliphatic carbocycles. The van der Waals surface area contributed by atoms with Gasteiger partial charge in [0.15, 0.2) is 18.3 Å². The maximum atomic E-state index is 12.5. The van der Waals surface area contributed by atoms with E-state index >= 15 is 0 Å². The van der Waals surface area contributed by atoms with Gasteiger partial charge < -0.3 is 9.47 Å². The molecule has 196 valence electrons. The molecular formula is C26H17ClF3N7O2. The molecule has 9 nitrogen and oxygen atoms in total. The molecule has 2 aromatic heterocycles. The number of aromatic nitrogens is 4. The number of nitrogens with one attached hydrogen (secondary N) is 1. The van der Waals surface area contributed by atoms with Gasteiger partial charge in [0.1, 0.15) is 11.4 Å². The number of pyridine rings is 1. The zero-order chi connectivity index (χ0) is 27.4. The summed E-state index contributed by atoms with van der Waals surface area (Å²) in [5.41, 5.74) is 4.99. The van der Waals surface area contributed by atoms with E-state index < -0.39 is 19.0 Å². The second kappa shape index (κ2) is 10.8. The second-order valence-electron chi connectivity index (χ2n) is 8.08. The summed E-state index contributed by atoms with van der Waals surface area (Å²) in [4.78, 5) is 4.21. The first-order valence-electron chi connectivity index (χ1n) is 11.4. The first-order valence-corrected chi connectivity index (χ1v) is 11.7. The van der Waals surface area contributed by atoms with Crippen LogP contribution in [0.25, 0.3) is 23.3 Å². The number of rotatable bonds is 7. The lowest BCUT2D eigenvalue weighted by Gasteiger charge is -2.12. The minimum Gasteiger partial charge on any atom is -0.483 e. The van der Waals surface area contributed by atoms with Crippen molar-refractivity contribution in [2.75, 3.05) is 6.61 Å². The molecule has 0 bridgehead atoms. The molecule has 1 atom stereocenters. The SMILES string of the molecule is N#Cc1ccc(C2=NNC(/C=C/c3nnc(-c4ccc(OCC(F)(F)F)cn4)n3-c3ccccc3Cl)O2)cc1. The van der Waals surface area contributed by atoms with Crippen LogP contribution in [0.3, 0.4) is 0 Å². The molecule has 1 aliphatic rings. The van der Waals surface area contributed by atoms with Crippen molar-refractivity contribution in [3.63, 3.8) is 0 Å². The number of alkyl halides is 3. The van der Waals surface area contributed by atoms with Gasteiger partial charge in [0.25, 0.3) is 0 Å². The molecule has 4 aromatic rings. The Balaban J connectivity index is 1.39. The predicted octanol–water partition coefficient (Wildman–Crippen LogP) is 5.12. The van der Waals surface area contributed by atoms with E-state index in [1.807, 2.05) is 0 Å². The molecule has 3 heterocycles. The van der Waals surface area contributed by atoms with Gasteiger partial charge in [-0.2, -0.15) is 18.4 Å². The molecule has 0 fully saturated rings. The van der Waals surface area contributed by atoms with Crippen molar-refractivity contribution in [3.05, 3.63) is 94.9 Å². The highest BCUT2D eigenvalue weighted by Gasteiger charge is 2.28. The first kappa shape index (κ1) is 25.7. The largest absolute Gasteiger partial charge is 0.483 e. The lowest BCUT2D eigenvalue weighted by Crippen LogP contribution is -2.19. The number of ether oxygens (including phenoxy) is 2. The van der Waals surface area contributed by atoms with Crippen LogP contribution < -0.4 is 10.2 Å². The van der Waals surface area contributed by atoms with Crippen LogP contribution in [0.4, 0.5) is 13.2 Å². The van der Waals surface area contributed by atoms with Gasteiger partial charge >= 0.3 is 6.18 Å². The Kier molecular flexibility index (Phi) is 7.16. The minimum atomic E-state index is -4.46. The summed E-state index contributed by atoms with van der Waals surface area (Å²) in [6.07, 6.45) is -0.548. The molecule has 5 rings (SSSR count). The third kappa shape index (κ3) is 6.00. The van der Waals surface area contributed by atoms with Crippen LogP contribution in [0.5, 0.6) is 5.75 Å². The van der Waals surface area contributed by atoms with Crippen LogP contribution in [0, 0.1) is 11.3 Å². The minimum absolute atomic E-state index is 0.0393. The quantitative estimate of drug-likeness (QED) is 0.339. The molecule has 0 saturated heterocycles. The number of hydrogen-bond donors (Lipinski definition) is 1. The average molecular weight is 552 g/mol. The summed E-state index contributed by atoms with van der Waals surface area (Å²) >= 11 is 6.47. The third-order valence-corrected chi connectivity index (χ3v) is 5.68. The number of hydrogen-bond acceptors (Lipinski definition) is 8. The Hall–Kier alpha value is -4.89. The van der Waals surface area contributed by atoms with Gasteiger partial charge in [0.05, 0.1) is 28.5 Å². The fourth-order valence-electron chi connectivity index (χ4n) is 3.57. The highest BCUT2D eigenvalue weighted by atomic mass is 35.5. The first-order chi connectivity index (χ1) is 18.8. The van der Waals surface area contributed by atoms with Gasteiger partial charge in [0, 0.05) is 5.56 Å². The lowest BCUT2D eigenvalue weighted by atomic mass is 10.1. The zero-order valence-corrected chi connectivity index (χ0v) is 20.6. The smallest absolute Gasteiger partial charge is 0.422 e. The van der Waals surface area contributed by atoms with Crippen LogP contribution in [0.15, 0.2) is 78.0 Å². The van der Waals surface area contributed by atoms with Crippen LogP contribution >= 0.6 is 11.6 Å². The van der Waals surface area contributed by atoms with Crippen molar-refractivity contribution in [1.29, 1.82) is 5.26 Å². The van der Waals surface area contributed by atoms with E-state index in [4.69, 9.17) is 26.3 Å². The van der Waals surface area contributed by atoms with Crippen molar-refractivity contribution < 1.29 is 22.6 Å². The summed E-state index contributed by atoms with van der Waals surface area (Å²) in [6.45, 7) is -1.42. The number of nitriles is 1. The van der Waals surface area contributed by atoms with Crippen LogP contribution in [-0.4, -0.2) is 44.7 Å². The summed E-state index contributed by atoms with van der Waals surface area (Å²) < 4.78 is 49.7. The van der Waals surface area contributed by atoms with Crippen molar-refractivity contribution >= 4 is 23.6 Å². The van der Waals surface area contributed by atoms with E-state index in [2.05, 4.69) is 31.8 Å². The normalized spacial score (nSPS) is 14.9. The third-order valence-electron chi connectivity index (χ3n) is 5.36. The fourth-order valence-corrected chi connectivity index (χ4v) is 3.80. The van der Waals surface area contributed by atoms with Crippen molar-refractivity contribution in [3.8, 4) is 29.0 Å². The van der Waals surface area contributed by atoms with E-state index in [-0.39, 0.29) is 5.75 Å². The molecule has 2 aromatic carbocycles. The van der Waals surface area contributed by atoms with Crippen LogP contribution in [0.1, 0.15) is 17.0 Å². The second-order valence-corrected chi connectivity index (χ2v) is 8.49. The molecule has 39 heavy (non-hydrogen) atoms. The van der Waals surface area contributed by atoms with Gasteiger partial charge in [-0.15, -0.1) is 15.3 Å². The van der Waals surface area contributed by atoms with Crippen molar-refractivity contribution in [1.82, 2.24) is 25.2 Å². The summed E-state index contributed by atoms with van der Waals surface area (Å²) in [5, 5.41) is 22.1. The van der Waals surface area contributed by atoms with Crippen LogP contribution in [-0.2, 0) is 4.74 Å². The monoisotopic (exact) mass is 551 g/mol. The lowest BCUT2D eigenvalue weighted by molar-refractivity contribution is -0.153. The Morgan fingerprint density at radius 2 is 1.90 bits per heavy atom. The van der Waals surface area contributed by atoms with Gasteiger partial charge in [-0.3, -0.25) is 9.99 Å². The maximum Gasteiger partial charge on any atom is 0.422 e. The van der Waals surface area contributed by atoms with Gasteiger partial charge in [0.2, 0.25) is 12.1 Å². The van der Waals surface area contributed by atoms with Crippen LogP contribution in [0.2, 0.25) is 5.02 Å². The Morgan fingerprint density at radius 3 is 2.59 bits per heavy atom. The fraction of sp³-hybridized carbons (Fsp3) is 0.115. The molecule has 1 unspecified atom stereocenters. The average Bonchev–Trinajstić information content (AvgIpc) is 3.58. The van der Waals surface area contributed by atoms with Crippen molar-refractivity contribution in [2.24, 2.45) is 5.10 Å². The molecule has 1 aliphatic heterocycles. The zero-order valence-electron chi connectivity index (χ0n) is 19.8. The number of benzene rings is 2. The Labute approximate surface area is 224 Å². The summed E-state index contributed by atoms with van der Waals surface area (Å²) in [5.74, 6) is 1.01. The molecule has 0 amide bonds. The number of halogens is 4. The molecule has 1 N–H and O–H groups in total. The molecular weight excluding hydrogens is 535 g/mol. The molecule has 0 radical (unpaired) electrons. The molecule has 13 heteroatoms. The maximum absolute atomic E-state index is 12.5. The van der Waals surface area contributed by atoms with Gasteiger partial charge in [-0.05, 0) is 60.7 Å². The van der Waals surface area contributed by atoms with Crippen molar-refractivity contribution in [2.45, 2.75) is 12.4 Å². The highest BCUT2D eigenvalue weighted by molar-refractivity contribution is 6.32. The molecule has 0 saturated carbocycles. The Morgan fingerprint density at radius 1 is 1.10 bits per heavy atom. The number of hydrazone groups is 1. The van der Waals surface area contributed by atoms with E-state index in [1.165, 1.54) is 18.3 Å². The standard InChI is InChI=1S/C26H17ClF3N7O2/c27-19-3-1-2-4-21(19)37-22(11-12-23-34-36-25(39-23)17-7-5-16(13-31)6-8-17)33-35-24(37)20-10-9-18(14-32-20)38-15-26(28,29)30/h1-12,14,23,34H,15H2/b12-11+. The van der Waals surface area contributed by atoms with Gasteiger partial charge in [-0.25, -0.2) is 4.98 Å². The van der Waals surface area contributed by atoms with E-state index in [0.29, 0.717) is 45.1 Å². The summed E-state index contributed by atoms with van der Waals surface area (Å²) in [6, 6.07) is 18.7. The highest BCUT2D eigenvalue weighted by Crippen LogP contribution is 2.28. The van der Waals surface area contributed by atoms with Gasteiger partial charge in [-0.1, -0.05) is 23.7 Å². The number of para-hydroxylation sites is 1.